The van der Waals surface area contributed by atoms with Crippen LogP contribution in [0.5, 0.6) is 5.75 Å². The number of carbonyl (C=O) groups excluding carboxylic acids is 2. The highest BCUT2D eigenvalue weighted by Crippen LogP contribution is 2.13. The van der Waals surface area contributed by atoms with E-state index in [2.05, 4.69) is 5.32 Å². The van der Waals surface area contributed by atoms with Gasteiger partial charge in [0.05, 0.1) is 6.54 Å². The van der Waals surface area contributed by atoms with Gasteiger partial charge in [-0.2, -0.15) is 13.1 Å². The van der Waals surface area contributed by atoms with Crippen LogP contribution in [0.3, 0.4) is 0 Å². The molecule has 0 atom stereocenters. The van der Waals surface area contributed by atoms with Crippen molar-refractivity contribution in [1.82, 2.24) is 9.44 Å². The van der Waals surface area contributed by atoms with E-state index < -0.39 is 28.6 Å². The summed E-state index contributed by atoms with van der Waals surface area (Å²) in [6, 6.07) is 5.65. The van der Waals surface area contributed by atoms with Crippen LogP contribution in [0.2, 0.25) is 0 Å². The predicted octanol–water partition coefficient (Wildman–Crippen LogP) is -0.699. The Morgan fingerprint density at radius 1 is 1.21 bits per heavy atom. The van der Waals surface area contributed by atoms with Crippen molar-refractivity contribution in [2.24, 2.45) is 0 Å². The molecular formula is C10H13N3O5S. The Morgan fingerprint density at radius 3 is 2.32 bits per heavy atom. The Morgan fingerprint density at radius 2 is 1.79 bits per heavy atom. The maximum atomic E-state index is 11.4. The molecule has 0 spiro atoms. The first-order valence-corrected chi connectivity index (χ1v) is 6.64. The zero-order chi connectivity index (χ0) is 14.5. The van der Waals surface area contributed by atoms with E-state index in [1.807, 2.05) is 4.72 Å². The summed E-state index contributed by atoms with van der Waals surface area (Å²) in [4.78, 5) is 22.0. The molecule has 1 rings (SSSR count). The van der Waals surface area contributed by atoms with Gasteiger partial charge in [0.15, 0.2) is 0 Å². The minimum atomic E-state index is -4.03. The van der Waals surface area contributed by atoms with Crippen LogP contribution >= 0.6 is 0 Å². The lowest BCUT2D eigenvalue weighted by molar-refractivity contribution is -0.117. The number of rotatable bonds is 5. The van der Waals surface area contributed by atoms with Gasteiger partial charge in [-0.25, -0.2) is 4.72 Å². The third kappa shape index (κ3) is 5.84. The summed E-state index contributed by atoms with van der Waals surface area (Å²) >= 11 is 0. The van der Waals surface area contributed by atoms with Gasteiger partial charge in [-0.15, -0.1) is 0 Å². The van der Waals surface area contributed by atoms with Crippen molar-refractivity contribution in [2.75, 3.05) is 11.9 Å². The lowest BCUT2D eigenvalue weighted by atomic mass is 10.3. The molecule has 104 valence electrons. The number of anilines is 1. The van der Waals surface area contributed by atoms with E-state index in [0.29, 0.717) is 5.69 Å². The highest BCUT2D eigenvalue weighted by atomic mass is 32.2. The van der Waals surface area contributed by atoms with Gasteiger partial charge in [-0.1, -0.05) is 0 Å². The van der Waals surface area contributed by atoms with E-state index in [-0.39, 0.29) is 5.75 Å². The Hall–Kier alpha value is -2.13. The van der Waals surface area contributed by atoms with Crippen LogP contribution in [-0.4, -0.2) is 31.9 Å². The number of benzene rings is 1. The number of carbonyl (C=O) groups is 2. The fourth-order valence-electron chi connectivity index (χ4n) is 1.14. The zero-order valence-corrected chi connectivity index (χ0v) is 10.8. The van der Waals surface area contributed by atoms with Crippen molar-refractivity contribution >= 4 is 27.7 Å². The van der Waals surface area contributed by atoms with Gasteiger partial charge in [0.25, 0.3) is 0 Å². The fourth-order valence-corrected chi connectivity index (χ4v) is 1.91. The van der Waals surface area contributed by atoms with Crippen LogP contribution in [0.4, 0.5) is 5.69 Å². The molecule has 0 heterocycles. The topological polar surface area (TPSA) is 125 Å². The van der Waals surface area contributed by atoms with Crippen LogP contribution in [0.1, 0.15) is 6.92 Å². The van der Waals surface area contributed by atoms with Crippen molar-refractivity contribution in [3.63, 3.8) is 0 Å². The number of hydrogen-bond donors (Lipinski definition) is 4. The van der Waals surface area contributed by atoms with E-state index in [1.165, 1.54) is 24.3 Å². The van der Waals surface area contributed by atoms with Gasteiger partial charge in [0.2, 0.25) is 11.8 Å². The van der Waals surface area contributed by atoms with E-state index in [9.17, 15) is 18.0 Å². The fraction of sp³-hybridized carbons (Fsp3) is 0.200. The number of nitrogens with one attached hydrogen (secondary N) is 3. The monoisotopic (exact) mass is 287 g/mol. The molecule has 0 saturated heterocycles. The van der Waals surface area contributed by atoms with Crippen molar-refractivity contribution in [2.45, 2.75) is 6.92 Å². The molecule has 0 aliphatic carbocycles. The molecule has 0 bridgehead atoms. The second-order valence-corrected chi connectivity index (χ2v) is 5.08. The molecule has 0 aliphatic rings. The molecular weight excluding hydrogens is 274 g/mol. The third-order valence-corrected chi connectivity index (χ3v) is 2.93. The first kappa shape index (κ1) is 14.9. The van der Waals surface area contributed by atoms with Crippen molar-refractivity contribution < 1.29 is 23.1 Å². The van der Waals surface area contributed by atoms with Gasteiger partial charge >= 0.3 is 10.2 Å². The number of amides is 2. The van der Waals surface area contributed by atoms with Crippen molar-refractivity contribution in [3.05, 3.63) is 24.3 Å². The Bertz CT molecular complexity index is 567. The summed E-state index contributed by atoms with van der Waals surface area (Å²) in [5.74, 6) is -1.32. The Kier molecular flexibility index (Phi) is 4.84. The number of aromatic hydroxyl groups is 1. The summed E-state index contributed by atoms with van der Waals surface area (Å²) in [6.07, 6.45) is 0. The number of phenolic OH excluding ortho intramolecular Hbond substituents is 1. The lowest BCUT2D eigenvalue weighted by Crippen LogP contribution is -2.42. The van der Waals surface area contributed by atoms with Gasteiger partial charge in [0, 0.05) is 12.6 Å². The predicted molar refractivity (Wildman–Crippen MR) is 67.5 cm³/mol. The molecule has 0 aliphatic heterocycles. The molecule has 1 aromatic carbocycles. The minimum Gasteiger partial charge on any atom is -0.508 e. The average Bonchev–Trinajstić information content (AvgIpc) is 2.28. The standard InChI is InChI=1S/C10H13N3O5S/c1-7(14)13-19(17,18)11-6-10(16)12-8-2-4-9(15)5-3-8/h2-5,11,15H,6H2,1H3,(H,12,16)(H,13,14). The van der Waals surface area contributed by atoms with E-state index >= 15 is 0 Å². The van der Waals surface area contributed by atoms with Gasteiger partial charge in [-0.05, 0) is 24.3 Å². The molecule has 0 saturated carbocycles. The van der Waals surface area contributed by atoms with Crippen molar-refractivity contribution in [1.29, 1.82) is 0 Å². The van der Waals surface area contributed by atoms with Gasteiger partial charge < -0.3 is 10.4 Å². The van der Waals surface area contributed by atoms with E-state index in [1.54, 1.807) is 4.72 Å². The number of phenols is 1. The quantitative estimate of drug-likeness (QED) is 0.533. The smallest absolute Gasteiger partial charge is 0.301 e. The summed E-state index contributed by atoms with van der Waals surface area (Å²) < 4.78 is 25.9. The molecule has 0 aromatic heterocycles. The van der Waals surface area contributed by atoms with Gasteiger partial charge in [0.1, 0.15) is 5.75 Å². The second kappa shape index (κ2) is 6.16. The van der Waals surface area contributed by atoms with E-state index in [0.717, 1.165) is 6.92 Å². The Labute approximate surface area is 110 Å². The summed E-state index contributed by atoms with van der Waals surface area (Å²) in [5.41, 5.74) is 0.404. The number of hydrogen-bond acceptors (Lipinski definition) is 5. The highest BCUT2D eigenvalue weighted by molar-refractivity contribution is 7.88. The summed E-state index contributed by atoms with van der Waals surface area (Å²) in [6.45, 7) is 0.513. The lowest BCUT2D eigenvalue weighted by Gasteiger charge is -2.07. The average molecular weight is 287 g/mol. The highest BCUT2D eigenvalue weighted by Gasteiger charge is 2.13. The van der Waals surface area contributed by atoms with Crippen LogP contribution in [0, 0.1) is 0 Å². The molecule has 9 heteroatoms. The van der Waals surface area contributed by atoms with Crippen LogP contribution in [-0.2, 0) is 19.8 Å². The first-order valence-electron chi connectivity index (χ1n) is 5.15. The van der Waals surface area contributed by atoms with Gasteiger partial charge in [-0.3, -0.25) is 9.59 Å². The molecule has 8 nitrogen and oxygen atoms in total. The SMILES string of the molecule is CC(=O)NS(=O)(=O)NCC(=O)Nc1ccc(O)cc1. The molecule has 0 fully saturated rings. The minimum absolute atomic E-state index is 0.0457. The molecule has 1 aromatic rings. The third-order valence-electron chi connectivity index (χ3n) is 1.85. The summed E-state index contributed by atoms with van der Waals surface area (Å²) in [5, 5.41) is 11.4. The molecule has 0 radical (unpaired) electrons. The summed E-state index contributed by atoms with van der Waals surface area (Å²) in [7, 11) is -4.03. The normalized spacial score (nSPS) is 10.8. The van der Waals surface area contributed by atoms with Crippen molar-refractivity contribution in [3.8, 4) is 5.75 Å². The van der Waals surface area contributed by atoms with E-state index in [4.69, 9.17) is 5.11 Å². The maximum Gasteiger partial charge on any atom is 0.301 e. The van der Waals surface area contributed by atoms with Crippen LogP contribution in [0.25, 0.3) is 0 Å². The Balaban J connectivity index is 2.48. The largest absolute Gasteiger partial charge is 0.508 e. The maximum absolute atomic E-state index is 11.4. The second-order valence-electron chi connectivity index (χ2n) is 3.58. The molecule has 4 N–H and O–H groups in total. The first-order chi connectivity index (χ1) is 8.78. The molecule has 2 amide bonds. The molecule has 19 heavy (non-hydrogen) atoms. The molecule has 0 unspecified atom stereocenters. The van der Waals surface area contributed by atoms with Crippen LogP contribution < -0.4 is 14.8 Å². The zero-order valence-electron chi connectivity index (χ0n) is 10.0. The van der Waals surface area contributed by atoms with Crippen LogP contribution in [0.15, 0.2) is 24.3 Å².